The van der Waals surface area contributed by atoms with Gasteiger partial charge in [0.2, 0.25) is 0 Å². The monoisotopic (exact) mass is 262 g/mol. The van der Waals surface area contributed by atoms with Crippen LogP contribution in [0.4, 0.5) is 0 Å². The zero-order valence-corrected chi connectivity index (χ0v) is 10.1. The molecule has 0 fully saturated rings. The second-order valence-electron chi connectivity index (χ2n) is 4.05. The minimum absolute atomic E-state index is 0.0352. The minimum atomic E-state index is -3.49. The number of benzene rings is 1. The first-order valence-electron chi connectivity index (χ1n) is 5.30. The highest BCUT2D eigenvalue weighted by Gasteiger charge is 2.24. The molecule has 0 unspecified atom stereocenters. The zero-order chi connectivity index (χ0) is 12.8. The predicted molar refractivity (Wildman–Crippen MR) is 67.5 cm³/mol. The summed E-state index contributed by atoms with van der Waals surface area (Å²) in [5.41, 5.74) is 8.79. The Morgan fingerprint density at radius 2 is 2.11 bits per heavy atom. The molecule has 0 amide bonds. The Labute approximate surface area is 104 Å². The van der Waals surface area contributed by atoms with E-state index in [2.05, 4.69) is 4.40 Å². The van der Waals surface area contributed by atoms with E-state index >= 15 is 0 Å². The molecule has 18 heavy (non-hydrogen) atoms. The van der Waals surface area contributed by atoms with Gasteiger partial charge in [-0.3, -0.25) is 0 Å². The molecule has 1 aromatic carbocycles. The highest BCUT2D eigenvalue weighted by Crippen LogP contribution is 2.30. The largest absolute Gasteiger partial charge is 0.472 e. The number of fused-ring (bicyclic) bond motifs is 1. The zero-order valence-electron chi connectivity index (χ0n) is 9.33. The molecule has 1 aliphatic rings. The van der Waals surface area contributed by atoms with Gasteiger partial charge in [0.1, 0.15) is 5.84 Å². The molecule has 0 bridgehead atoms. The Bertz CT molecular complexity index is 731. The third-order valence-corrected chi connectivity index (χ3v) is 3.97. The van der Waals surface area contributed by atoms with Crippen molar-refractivity contribution in [2.24, 2.45) is 10.1 Å². The van der Waals surface area contributed by atoms with E-state index in [0.29, 0.717) is 11.1 Å². The van der Waals surface area contributed by atoms with Crippen molar-refractivity contribution in [3.05, 3.63) is 47.9 Å². The number of hydrogen-bond donors (Lipinski definition) is 1. The number of rotatable bonds is 1. The number of nitrogens with two attached hydrogens (primary N) is 1. The highest BCUT2D eigenvalue weighted by molar-refractivity contribution is 7.89. The van der Waals surface area contributed by atoms with E-state index in [1.54, 1.807) is 30.7 Å². The third kappa shape index (κ3) is 1.70. The fraction of sp³-hybridized carbons (Fsp3) is 0.0833. The van der Waals surface area contributed by atoms with Crippen molar-refractivity contribution in [1.82, 2.24) is 0 Å². The van der Waals surface area contributed by atoms with Crippen molar-refractivity contribution in [2.75, 3.05) is 0 Å². The van der Waals surface area contributed by atoms with E-state index in [9.17, 15) is 8.42 Å². The van der Waals surface area contributed by atoms with Crippen LogP contribution < -0.4 is 5.73 Å². The molecule has 2 aromatic rings. The van der Waals surface area contributed by atoms with Gasteiger partial charge in [-0.1, -0.05) is 18.2 Å². The number of furan rings is 1. The van der Waals surface area contributed by atoms with E-state index in [1.165, 1.54) is 0 Å². The fourth-order valence-electron chi connectivity index (χ4n) is 2.11. The van der Waals surface area contributed by atoms with Crippen LogP contribution in [0.3, 0.4) is 0 Å². The maximum absolute atomic E-state index is 11.5. The van der Waals surface area contributed by atoms with Crippen LogP contribution in [0.2, 0.25) is 0 Å². The Hall–Kier alpha value is -2.08. The van der Waals surface area contributed by atoms with Crippen LogP contribution in [-0.4, -0.2) is 14.3 Å². The van der Waals surface area contributed by atoms with Crippen molar-refractivity contribution >= 4 is 15.9 Å². The van der Waals surface area contributed by atoms with Crippen LogP contribution in [0.1, 0.15) is 11.1 Å². The number of sulfonamides is 1. The SMILES string of the molecule is NC1=NS(=O)(=O)Cc2cccc(-c3ccoc3)c21. The van der Waals surface area contributed by atoms with Gasteiger partial charge in [-0.25, -0.2) is 8.42 Å². The second kappa shape index (κ2) is 3.71. The van der Waals surface area contributed by atoms with Gasteiger partial charge in [0.25, 0.3) is 10.0 Å². The topological polar surface area (TPSA) is 85.7 Å². The normalized spacial score (nSPS) is 17.0. The molecule has 5 nitrogen and oxygen atoms in total. The predicted octanol–water partition coefficient (Wildman–Crippen LogP) is 1.50. The Balaban J connectivity index is 2.28. The smallest absolute Gasteiger partial charge is 0.259 e. The van der Waals surface area contributed by atoms with Gasteiger partial charge in [-0.15, -0.1) is 4.40 Å². The summed E-state index contributed by atoms with van der Waals surface area (Å²) < 4.78 is 31.7. The van der Waals surface area contributed by atoms with Crippen LogP contribution in [-0.2, 0) is 15.8 Å². The summed E-state index contributed by atoms with van der Waals surface area (Å²) in [5.74, 6) is -0.0811. The van der Waals surface area contributed by atoms with Gasteiger partial charge >= 0.3 is 0 Å². The van der Waals surface area contributed by atoms with E-state index in [1.807, 2.05) is 6.07 Å². The van der Waals surface area contributed by atoms with Crippen molar-refractivity contribution in [1.29, 1.82) is 0 Å². The van der Waals surface area contributed by atoms with E-state index in [-0.39, 0.29) is 11.6 Å². The molecule has 2 N–H and O–H groups in total. The molecule has 0 saturated carbocycles. The van der Waals surface area contributed by atoms with E-state index in [0.717, 1.165) is 11.1 Å². The number of hydrogen-bond acceptors (Lipinski definition) is 4. The lowest BCUT2D eigenvalue weighted by molar-refractivity contribution is 0.568. The number of amidine groups is 1. The van der Waals surface area contributed by atoms with E-state index in [4.69, 9.17) is 10.2 Å². The molecule has 3 rings (SSSR count). The van der Waals surface area contributed by atoms with E-state index < -0.39 is 10.0 Å². The third-order valence-electron chi connectivity index (χ3n) is 2.81. The molecule has 2 heterocycles. The average molecular weight is 262 g/mol. The Morgan fingerprint density at radius 3 is 2.83 bits per heavy atom. The molecule has 0 radical (unpaired) electrons. The van der Waals surface area contributed by atoms with Gasteiger partial charge in [-0.05, 0) is 17.2 Å². The van der Waals surface area contributed by atoms with Crippen LogP contribution in [0, 0.1) is 0 Å². The maximum Gasteiger partial charge on any atom is 0.259 e. The van der Waals surface area contributed by atoms with Crippen LogP contribution in [0.15, 0.2) is 45.6 Å². The molecule has 1 aliphatic heterocycles. The molecular weight excluding hydrogens is 252 g/mol. The first kappa shape index (κ1) is 11.0. The van der Waals surface area contributed by atoms with Gasteiger partial charge < -0.3 is 10.2 Å². The standard InChI is InChI=1S/C12H10N2O3S/c13-12-11-9(7-18(15,16)14-12)2-1-3-10(11)8-4-5-17-6-8/h1-6H,7H2,(H2,13,14). The van der Waals surface area contributed by atoms with Crippen LogP contribution in [0.25, 0.3) is 11.1 Å². The second-order valence-corrected chi connectivity index (χ2v) is 5.69. The van der Waals surface area contributed by atoms with Crippen LogP contribution >= 0.6 is 0 Å². The molecule has 0 atom stereocenters. The first-order chi connectivity index (χ1) is 8.57. The Kier molecular flexibility index (Phi) is 2.27. The quantitative estimate of drug-likeness (QED) is 0.843. The van der Waals surface area contributed by atoms with Gasteiger partial charge in [0, 0.05) is 11.1 Å². The summed E-state index contributed by atoms with van der Waals surface area (Å²) in [7, 11) is -3.49. The molecule has 0 spiro atoms. The lowest BCUT2D eigenvalue weighted by Gasteiger charge is -2.17. The fourth-order valence-corrected chi connectivity index (χ4v) is 3.19. The van der Waals surface area contributed by atoms with Gasteiger partial charge in [0.15, 0.2) is 0 Å². The molecular formula is C12H10N2O3S. The molecule has 0 aliphatic carbocycles. The summed E-state index contributed by atoms with van der Waals surface area (Å²) in [6.07, 6.45) is 3.15. The Morgan fingerprint density at radius 1 is 1.28 bits per heavy atom. The van der Waals surface area contributed by atoms with Gasteiger partial charge in [0.05, 0.1) is 18.3 Å². The van der Waals surface area contributed by atoms with Crippen molar-refractivity contribution in [3.8, 4) is 11.1 Å². The maximum atomic E-state index is 11.5. The van der Waals surface area contributed by atoms with Crippen molar-refractivity contribution in [2.45, 2.75) is 5.75 Å². The summed E-state index contributed by atoms with van der Waals surface area (Å²) in [4.78, 5) is 0. The minimum Gasteiger partial charge on any atom is -0.472 e. The van der Waals surface area contributed by atoms with Gasteiger partial charge in [-0.2, -0.15) is 0 Å². The van der Waals surface area contributed by atoms with Crippen LogP contribution in [0.5, 0.6) is 0 Å². The lowest BCUT2D eigenvalue weighted by atomic mass is 9.97. The van der Waals surface area contributed by atoms with Crippen molar-refractivity contribution < 1.29 is 12.8 Å². The highest BCUT2D eigenvalue weighted by atomic mass is 32.2. The summed E-state index contributed by atoms with van der Waals surface area (Å²) in [5, 5.41) is 0. The molecule has 6 heteroatoms. The lowest BCUT2D eigenvalue weighted by Crippen LogP contribution is -2.24. The summed E-state index contributed by atoms with van der Waals surface area (Å²) in [6.45, 7) is 0. The number of nitrogens with zero attached hydrogens (tertiary/aromatic N) is 1. The average Bonchev–Trinajstić information content (AvgIpc) is 2.79. The molecule has 92 valence electrons. The van der Waals surface area contributed by atoms with Crippen molar-refractivity contribution in [3.63, 3.8) is 0 Å². The summed E-state index contributed by atoms with van der Waals surface area (Å²) >= 11 is 0. The molecule has 1 aromatic heterocycles. The molecule has 0 saturated heterocycles. The summed E-state index contributed by atoms with van der Waals surface area (Å²) in [6, 6.07) is 7.21. The first-order valence-corrected chi connectivity index (χ1v) is 6.91.